The zero-order valence-electron chi connectivity index (χ0n) is 22.0. The quantitative estimate of drug-likeness (QED) is 0.345. The van der Waals surface area contributed by atoms with E-state index in [1.165, 1.54) is 40.7 Å². The first-order chi connectivity index (χ1) is 16.9. The molecule has 1 saturated carbocycles. The maximum atomic E-state index is 12.0. The summed E-state index contributed by atoms with van der Waals surface area (Å²) < 4.78 is 2.56. The third kappa shape index (κ3) is 4.71. The molecule has 1 aromatic heterocycles. The molecule has 3 aromatic rings. The lowest BCUT2D eigenvalue weighted by Crippen LogP contribution is -2.26. The zero-order chi connectivity index (χ0) is 24.7. The molecule has 1 unspecified atom stereocenters. The summed E-state index contributed by atoms with van der Waals surface area (Å²) in [5.41, 5.74) is 8.21. The Balaban J connectivity index is 1.49. The second-order valence-corrected chi connectivity index (χ2v) is 11.0. The number of hydrogen-bond acceptors (Lipinski definition) is 4. The van der Waals surface area contributed by atoms with Crippen molar-refractivity contribution in [3.8, 4) is 0 Å². The molecule has 1 aliphatic carbocycles. The minimum absolute atomic E-state index is 0.0520. The van der Waals surface area contributed by atoms with Gasteiger partial charge in [-0.3, -0.25) is 4.79 Å². The van der Waals surface area contributed by atoms with Crippen molar-refractivity contribution in [3.05, 3.63) is 58.8 Å². The Kier molecular flexibility index (Phi) is 6.63. The van der Waals surface area contributed by atoms with Gasteiger partial charge in [-0.2, -0.15) is 0 Å². The molecular formula is C30H40N4O. The Labute approximate surface area is 210 Å². The highest BCUT2D eigenvalue weighted by atomic mass is 16.1. The maximum Gasteiger partial charge on any atom is 0.150 e. The molecule has 35 heavy (non-hydrogen) atoms. The van der Waals surface area contributed by atoms with E-state index < -0.39 is 0 Å². The first kappa shape index (κ1) is 23.9. The second kappa shape index (κ2) is 9.69. The summed E-state index contributed by atoms with van der Waals surface area (Å²) in [7, 11) is 4.33. The van der Waals surface area contributed by atoms with Crippen LogP contribution in [0, 0.1) is 5.92 Å². The summed E-state index contributed by atoms with van der Waals surface area (Å²) in [6.45, 7) is 9.85. The van der Waals surface area contributed by atoms with Crippen LogP contribution in [-0.2, 0) is 13.0 Å². The molecule has 186 valence electrons. The lowest BCUT2D eigenvalue weighted by molar-refractivity contribution is 0.112. The van der Waals surface area contributed by atoms with Gasteiger partial charge in [-0.1, -0.05) is 32.9 Å². The normalized spacial score (nSPS) is 17.5. The number of carbonyl (C=O) groups excluding carboxylic acids is 1. The summed E-state index contributed by atoms with van der Waals surface area (Å²) in [6.07, 6.45) is 5.75. The summed E-state index contributed by atoms with van der Waals surface area (Å²) in [5.74, 6) is 1.30. The van der Waals surface area contributed by atoms with Gasteiger partial charge >= 0.3 is 0 Å². The molecule has 5 nitrogen and oxygen atoms in total. The van der Waals surface area contributed by atoms with Crippen LogP contribution in [-0.4, -0.2) is 42.9 Å². The van der Waals surface area contributed by atoms with Gasteiger partial charge < -0.3 is 19.7 Å². The van der Waals surface area contributed by atoms with Crippen LogP contribution in [0.5, 0.6) is 0 Å². The number of anilines is 2. The number of likely N-dealkylation sites (N-methyl/N-ethyl adjacent to an activating group) is 1. The smallest absolute Gasteiger partial charge is 0.150 e. The van der Waals surface area contributed by atoms with Gasteiger partial charge in [0.2, 0.25) is 0 Å². The number of nitrogens with zero attached hydrogens (tertiary/aromatic N) is 3. The number of aldehydes is 1. The van der Waals surface area contributed by atoms with E-state index in [1.807, 2.05) is 0 Å². The third-order valence-electron chi connectivity index (χ3n) is 7.86. The number of carbonyl (C=O) groups is 1. The van der Waals surface area contributed by atoms with Gasteiger partial charge in [0.25, 0.3) is 0 Å². The topological polar surface area (TPSA) is 40.5 Å². The first-order valence-corrected chi connectivity index (χ1v) is 13.3. The van der Waals surface area contributed by atoms with E-state index in [9.17, 15) is 4.79 Å². The zero-order valence-corrected chi connectivity index (χ0v) is 22.0. The van der Waals surface area contributed by atoms with Crippen molar-refractivity contribution in [2.45, 2.75) is 65.1 Å². The molecule has 1 atom stereocenters. The Morgan fingerprint density at radius 3 is 2.63 bits per heavy atom. The molecule has 1 N–H and O–H groups in total. The van der Waals surface area contributed by atoms with E-state index in [-0.39, 0.29) is 6.17 Å². The van der Waals surface area contributed by atoms with E-state index in [0.29, 0.717) is 5.92 Å². The molecule has 2 aromatic carbocycles. The molecule has 5 rings (SSSR count). The number of fused-ring (bicyclic) bond motifs is 2. The summed E-state index contributed by atoms with van der Waals surface area (Å²) >= 11 is 0. The number of aromatic nitrogens is 1. The minimum Gasteiger partial charge on any atom is -0.359 e. The Bertz CT molecular complexity index is 1220. The monoisotopic (exact) mass is 472 g/mol. The summed E-state index contributed by atoms with van der Waals surface area (Å²) in [6, 6.07) is 13.6. The van der Waals surface area contributed by atoms with Crippen molar-refractivity contribution in [2.24, 2.45) is 5.92 Å². The Morgan fingerprint density at radius 1 is 1.14 bits per heavy atom. The van der Waals surface area contributed by atoms with Gasteiger partial charge in [0, 0.05) is 36.6 Å². The average Bonchev–Trinajstić information content (AvgIpc) is 3.52. The van der Waals surface area contributed by atoms with Gasteiger partial charge in [-0.05, 0) is 86.5 Å². The standard InChI is InChI=1S/C30H40N4O/c1-6-12-32(4)13-11-23-16-28-26(14-25(23)19-35)31-30(33(28)5)29-17-24-10-9-22(20(2)3)15-27(24)34(29)18-21-7-8-21/h9-10,14-17,19-21,30-31H,6-8,11-13,18H2,1-5H3. The second-order valence-electron chi connectivity index (χ2n) is 11.0. The Morgan fingerprint density at radius 2 is 1.94 bits per heavy atom. The fourth-order valence-corrected chi connectivity index (χ4v) is 5.48. The van der Waals surface area contributed by atoms with E-state index in [4.69, 9.17) is 0 Å². The summed E-state index contributed by atoms with van der Waals surface area (Å²) in [5, 5.41) is 5.07. The van der Waals surface area contributed by atoms with E-state index >= 15 is 0 Å². The number of nitrogens with one attached hydrogen (secondary N) is 1. The highest BCUT2D eigenvalue weighted by molar-refractivity contribution is 5.88. The minimum atomic E-state index is 0.0520. The highest BCUT2D eigenvalue weighted by Crippen LogP contribution is 2.44. The van der Waals surface area contributed by atoms with Gasteiger partial charge in [-0.25, -0.2) is 0 Å². The van der Waals surface area contributed by atoms with Crippen molar-refractivity contribution < 1.29 is 4.79 Å². The van der Waals surface area contributed by atoms with Crippen LogP contribution in [0.3, 0.4) is 0 Å². The van der Waals surface area contributed by atoms with E-state index in [1.54, 1.807) is 0 Å². The molecule has 2 heterocycles. The largest absolute Gasteiger partial charge is 0.359 e. The molecule has 0 amide bonds. The van der Waals surface area contributed by atoms with Crippen LogP contribution in [0.15, 0.2) is 36.4 Å². The van der Waals surface area contributed by atoms with Crippen molar-refractivity contribution in [1.29, 1.82) is 0 Å². The van der Waals surface area contributed by atoms with Crippen LogP contribution in [0.2, 0.25) is 0 Å². The van der Waals surface area contributed by atoms with Crippen LogP contribution >= 0.6 is 0 Å². The molecule has 0 saturated heterocycles. The SMILES string of the molecule is CCCN(C)CCc1cc2c(cc1C=O)NC(c1cc3ccc(C(C)C)cc3n1CC1CC1)N2C. The molecule has 0 radical (unpaired) electrons. The molecule has 1 aliphatic heterocycles. The molecule has 5 heteroatoms. The molecule has 0 spiro atoms. The maximum absolute atomic E-state index is 12.0. The highest BCUT2D eigenvalue weighted by Gasteiger charge is 2.33. The molecule has 0 bridgehead atoms. The summed E-state index contributed by atoms with van der Waals surface area (Å²) in [4.78, 5) is 16.7. The van der Waals surface area contributed by atoms with Crippen molar-refractivity contribution in [3.63, 3.8) is 0 Å². The lowest BCUT2D eigenvalue weighted by atomic mass is 10.0. The average molecular weight is 473 g/mol. The van der Waals surface area contributed by atoms with Crippen molar-refractivity contribution >= 4 is 28.6 Å². The fraction of sp³-hybridized carbons (Fsp3) is 0.500. The van der Waals surface area contributed by atoms with Crippen LogP contribution < -0.4 is 10.2 Å². The van der Waals surface area contributed by atoms with Crippen molar-refractivity contribution in [1.82, 2.24) is 9.47 Å². The molecule has 2 aliphatic rings. The Hall–Kier alpha value is -2.79. The van der Waals surface area contributed by atoms with E-state index in [0.717, 1.165) is 61.5 Å². The number of hydrogen-bond donors (Lipinski definition) is 1. The third-order valence-corrected chi connectivity index (χ3v) is 7.86. The predicted octanol–water partition coefficient (Wildman–Crippen LogP) is 6.43. The van der Waals surface area contributed by atoms with E-state index in [2.05, 4.69) is 90.9 Å². The predicted molar refractivity (Wildman–Crippen MR) is 147 cm³/mol. The molecule has 1 fully saturated rings. The van der Waals surface area contributed by atoms with Crippen molar-refractivity contribution in [2.75, 3.05) is 37.4 Å². The van der Waals surface area contributed by atoms with Crippen LogP contribution in [0.25, 0.3) is 10.9 Å². The molecular weight excluding hydrogens is 432 g/mol. The lowest BCUT2D eigenvalue weighted by Gasteiger charge is -2.24. The van der Waals surface area contributed by atoms with Gasteiger partial charge in [0.1, 0.15) is 12.5 Å². The van der Waals surface area contributed by atoms with Gasteiger partial charge in [0.05, 0.1) is 17.1 Å². The fourth-order valence-electron chi connectivity index (χ4n) is 5.48. The van der Waals surface area contributed by atoms with Crippen LogP contribution in [0.1, 0.15) is 79.3 Å². The first-order valence-electron chi connectivity index (χ1n) is 13.3. The number of rotatable bonds is 10. The van der Waals surface area contributed by atoms with Gasteiger partial charge in [-0.15, -0.1) is 0 Å². The van der Waals surface area contributed by atoms with Gasteiger partial charge in [0.15, 0.2) is 0 Å². The number of benzene rings is 2. The van der Waals surface area contributed by atoms with Crippen LogP contribution in [0.4, 0.5) is 11.4 Å².